The first-order chi connectivity index (χ1) is 17.0. The molecule has 1 N–H and O–H groups in total. The minimum Gasteiger partial charge on any atom is -0.790 e. The molecular formula is C26H24ClN2Na2O6P. The van der Waals surface area contributed by atoms with Gasteiger partial charge in [-0.05, 0) is 80.8 Å². The van der Waals surface area contributed by atoms with Gasteiger partial charge in [-0.3, -0.25) is 9.59 Å². The Kier molecular flexibility index (Phi) is 12.3. The van der Waals surface area contributed by atoms with Crippen molar-refractivity contribution in [2.45, 2.75) is 32.8 Å². The van der Waals surface area contributed by atoms with Crippen LogP contribution in [-0.2, 0) is 9.09 Å². The molecule has 8 nitrogen and oxygen atoms in total. The normalized spacial score (nSPS) is 14.9. The van der Waals surface area contributed by atoms with Crippen LogP contribution in [0.4, 0.5) is 11.4 Å². The molecule has 1 atom stereocenters. The Morgan fingerprint density at radius 1 is 1.03 bits per heavy atom. The summed E-state index contributed by atoms with van der Waals surface area (Å²) in [6.07, 6.45) is -0.390. The second kappa shape index (κ2) is 14.1. The molecule has 12 heteroatoms. The Morgan fingerprint density at radius 2 is 1.71 bits per heavy atom. The number of rotatable bonds is 5. The largest absolute Gasteiger partial charge is 1.00 e. The summed E-state index contributed by atoms with van der Waals surface area (Å²) in [5.41, 5.74) is 3.98. The molecule has 0 fully saturated rings. The van der Waals surface area contributed by atoms with Gasteiger partial charge in [0.1, 0.15) is 0 Å². The van der Waals surface area contributed by atoms with Crippen LogP contribution in [0, 0.1) is 13.8 Å². The fraction of sp³-hybridized carbons (Fsp3) is 0.231. The van der Waals surface area contributed by atoms with Crippen LogP contribution in [0.2, 0.25) is 5.02 Å². The molecule has 3 aromatic carbocycles. The molecule has 188 valence electrons. The summed E-state index contributed by atoms with van der Waals surface area (Å²) >= 11 is 6.13. The number of carbonyl (C=O) groups excluding carboxylic acids is 2. The number of halogens is 1. The Morgan fingerprint density at radius 3 is 2.34 bits per heavy atom. The summed E-state index contributed by atoms with van der Waals surface area (Å²) in [7, 11) is -5.26. The van der Waals surface area contributed by atoms with Crippen LogP contribution in [0.1, 0.15) is 56.4 Å². The van der Waals surface area contributed by atoms with Gasteiger partial charge in [-0.1, -0.05) is 29.3 Å². The first-order valence-corrected chi connectivity index (χ1v) is 13.2. The molecule has 1 aliphatic heterocycles. The quantitative estimate of drug-likeness (QED) is 0.295. The van der Waals surface area contributed by atoms with E-state index in [0.717, 1.165) is 5.56 Å². The van der Waals surface area contributed by atoms with Crippen molar-refractivity contribution in [1.82, 2.24) is 0 Å². The van der Waals surface area contributed by atoms with Crippen LogP contribution < -0.4 is 79.1 Å². The van der Waals surface area contributed by atoms with Gasteiger partial charge >= 0.3 is 59.1 Å². The molecule has 1 aliphatic rings. The molecule has 4 rings (SSSR count). The third-order valence-electron chi connectivity index (χ3n) is 6.01. The van der Waals surface area contributed by atoms with Gasteiger partial charge in [-0.15, -0.1) is 0 Å². The molecule has 38 heavy (non-hydrogen) atoms. The fourth-order valence-electron chi connectivity index (χ4n) is 4.25. The topological polar surface area (TPSA) is 122 Å². The third kappa shape index (κ3) is 8.26. The van der Waals surface area contributed by atoms with Crippen molar-refractivity contribution < 1.29 is 87.6 Å². The predicted octanol–water partition coefficient (Wildman–Crippen LogP) is -1.46. The number of fused-ring (bicyclic) bond motifs is 1. The maximum absolute atomic E-state index is 13.6. The van der Waals surface area contributed by atoms with Crippen molar-refractivity contribution in [2.75, 3.05) is 16.8 Å². The summed E-state index contributed by atoms with van der Waals surface area (Å²) in [5.74, 6) is -0.563. The summed E-state index contributed by atoms with van der Waals surface area (Å²) in [6, 6.07) is 16.9. The van der Waals surface area contributed by atoms with Crippen molar-refractivity contribution in [3.63, 3.8) is 0 Å². The SMILES string of the molecule is Cc1ccc(C(=O)Nc2ccc(C(=O)N3CCCC(OP(=O)([O-])[O-])c4cc(Cl)ccc43)c(C)c2)cc1.[Na+].[Na+]. The number of carbonyl (C=O) groups is 2. The van der Waals surface area contributed by atoms with E-state index in [4.69, 9.17) is 16.1 Å². The number of benzene rings is 3. The molecular weight excluding hydrogens is 549 g/mol. The maximum atomic E-state index is 13.6. The zero-order valence-electron chi connectivity index (χ0n) is 21.7. The molecule has 0 saturated heterocycles. The zero-order valence-corrected chi connectivity index (χ0v) is 27.3. The fourth-order valence-corrected chi connectivity index (χ4v) is 4.96. The van der Waals surface area contributed by atoms with Gasteiger partial charge in [0.05, 0.1) is 13.9 Å². The maximum Gasteiger partial charge on any atom is 1.00 e. The van der Waals surface area contributed by atoms with Crippen molar-refractivity contribution in [1.29, 1.82) is 0 Å². The number of hydrogen-bond donors (Lipinski definition) is 1. The molecule has 0 aromatic heterocycles. The van der Waals surface area contributed by atoms with Crippen LogP contribution in [-0.4, -0.2) is 18.4 Å². The second-order valence-electron chi connectivity index (χ2n) is 8.69. The Balaban J connectivity index is 0.00000253. The van der Waals surface area contributed by atoms with Crippen molar-refractivity contribution in [2.24, 2.45) is 0 Å². The van der Waals surface area contributed by atoms with Crippen LogP contribution in [0.25, 0.3) is 0 Å². The molecule has 2 amide bonds. The van der Waals surface area contributed by atoms with E-state index in [2.05, 4.69) is 5.32 Å². The number of phosphoric acid groups is 1. The van der Waals surface area contributed by atoms with Gasteiger partial charge < -0.3 is 29.1 Å². The third-order valence-corrected chi connectivity index (χ3v) is 6.75. The van der Waals surface area contributed by atoms with E-state index in [-0.39, 0.29) is 77.3 Å². The molecule has 3 aromatic rings. The number of nitrogens with zero attached hydrogens (tertiary/aromatic N) is 1. The zero-order chi connectivity index (χ0) is 26.0. The van der Waals surface area contributed by atoms with E-state index in [9.17, 15) is 23.9 Å². The molecule has 0 saturated carbocycles. The van der Waals surface area contributed by atoms with Gasteiger partial charge in [0.2, 0.25) is 0 Å². The standard InChI is InChI=1S/C26H26ClN2O6P.2Na/c1-16-5-7-18(8-6-16)25(30)28-20-10-11-21(17(2)14-20)26(31)29-13-3-4-24(35-36(32,33)34)22-15-19(27)9-12-23(22)29;;/h5-12,14-15,24H,3-4,13H2,1-2H3,(H,28,30)(H2,32,33,34);;/q;2*+1/p-2. The molecule has 0 radical (unpaired) electrons. The van der Waals surface area contributed by atoms with E-state index in [1.54, 1.807) is 49.4 Å². The van der Waals surface area contributed by atoms with Gasteiger partial charge in [-0.25, -0.2) is 0 Å². The van der Waals surface area contributed by atoms with Crippen LogP contribution >= 0.6 is 19.4 Å². The average molecular weight is 573 g/mol. The van der Waals surface area contributed by atoms with E-state index in [1.807, 2.05) is 19.1 Å². The summed E-state index contributed by atoms with van der Waals surface area (Å²) < 4.78 is 16.1. The Hall–Kier alpha value is -1.000. The average Bonchev–Trinajstić information content (AvgIpc) is 2.97. The minimum atomic E-state index is -5.26. The van der Waals surface area contributed by atoms with Gasteiger partial charge in [0.25, 0.3) is 11.8 Å². The van der Waals surface area contributed by atoms with Crippen molar-refractivity contribution in [3.05, 3.63) is 93.5 Å². The summed E-state index contributed by atoms with van der Waals surface area (Å²) in [5, 5.41) is 3.17. The predicted molar refractivity (Wildman–Crippen MR) is 134 cm³/mol. The summed E-state index contributed by atoms with van der Waals surface area (Å²) in [6.45, 7) is 4.00. The number of amides is 2. The minimum absolute atomic E-state index is 0. The number of nitrogens with one attached hydrogen (secondary N) is 1. The van der Waals surface area contributed by atoms with Crippen LogP contribution in [0.5, 0.6) is 0 Å². The molecule has 0 aliphatic carbocycles. The van der Waals surface area contributed by atoms with Gasteiger partial charge in [0.15, 0.2) is 0 Å². The Bertz CT molecular complexity index is 1370. The number of aryl methyl sites for hydroxylation is 2. The van der Waals surface area contributed by atoms with Crippen LogP contribution in [0.3, 0.4) is 0 Å². The van der Waals surface area contributed by atoms with Gasteiger partial charge in [-0.2, -0.15) is 0 Å². The molecule has 1 unspecified atom stereocenters. The number of phosphoric ester groups is 1. The van der Waals surface area contributed by atoms with E-state index in [0.29, 0.717) is 51.6 Å². The second-order valence-corrected chi connectivity index (χ2v) is 10.2. The van der Waals surface area contributed by atoms with E-state index >= 15 is 0 Å². The summed E-state index contributed by atoms with van der Waals surface area (Å²) in [4.78, 5) is 50.3. The van der Waals surface area contributed by atoms with Crippen LogP contribution in [0.15, 0.2) is 60.7 Å². The van der Waals surface area contributed by atoms with Gasteiger partial charge in [0, 0.05) is 39.6 Å². The number of hydrogen-bond acceptors (Lipinski definition) is 6. The smallest absolute Gasteiger partial charge is 0.790 e. The van der Waals surface area contributed by atoms with Crippen molar-refractivity contribution >= 4 is 42.6 Å². The first kappa shape index (κ1) is 33.2. The molecule has 0 bridgehead atoms. The van der Waals surface area contributed by atoms with E-state index < -0.39 is 13.9 Å². The van der Waals surface area contributed by atoms with Crippen molar-refractivity contribution in [3.8, 4) is 0 Å². The molecule has 1 heterocycles. The Labute approximate surface area is 270 Å². The van der Waals surface area contributed by atoms with E-state index in [1.165, 1.54) is 11.0 Å². The molecule has 0 spiro atoms. The first-order valence-electron chi connectivity index (χ1n) is 11.3. The monoisotopic (exact) mass is 572 g/mol. The number of anilines is 2.